The Morgan fingerprint density at radius 1 is 1.33 bits per heavy atom. The summed E-state index contributed by atoms with van der Waals surface area (Å²) in [7, 11) is 0. The number of aromatic nitrogens is 1. The Hall–Kier alpha value is -1.11. The molecule has 0 aliphatic carbocycles. The zero-order valence-electron chi connectivity index (χ0n) is 8.04. The molecule has 0 saturated carbocycles. The van der Waals surface area contributed by atoms with Gasteiger partial charge in [-0.3, -0.25) is 0 Å². The minimum Gasteiger partial charge on any atom is -0.194 e. The van der Waals surface area contributed by atoms with Crippen molar-refractivity contribution in [1.29, 1.82) is 0 Å². The molecule has 64 valence electrons. The Labute approximate surface area is 74.4 Å². The lowest BCUT2D eigenvalue weighted by atomic mass is 10.1. The van der Waals surface area contributed by atoms with Crippen molar-refractivity contribution in [1.82, 2.24) is 0 Å². The van der Waals surface area contributed by atoms with Gasteiger partial charge in [0.2, 0.25) is 5.69 Å². The van der Waals surface area contributed by atoms with Crippen molar-refractivity contribution in [2.24, 2.45) is 0 Å². The topological polar surface area (TPSA) is 3.88 Å². The lowest BCUT2D eigenvalue weighted by molar-refractivity contribution is -0.755. The van der Waals surface area contributed by atoms with Crippen LogP contribution in [0.3, 0.4) is 0 Å². The number of hydrogen-bond donors (Lipinski definition) is 0. The summed E-state index contributed by atoms with van der Waals surface area (Å²) in [5.74, 6) is 0. The van der Waals surface area contributed by atoms with Gasteiger partial charge < -0.3 is 0 Å². The standard InChI is InChI=1S/C11H16N/c1-5-10-8-6-7-9-12(10)11(2,3)4/h5-9H,1H2,2-4H3/q+1. The number of nitrogens with zero attached hydrogens (tertiary/aromatic N) is 1. The van der Waals surface area contributed by atoms with E-state index in [1.54, 1.807) is 0 Å². The van der Waals surface area contributed by atoms with E-state index in [9.17, 15) is 0 Å². The fourth-order valence-electron chi connectivity index (χ4n) is 1.23. The summed E-state index contributed by atoms with van der Waals surface area (Å²) >= 11 is 0. The van der Waals surface area contributed by atoms with Gasteiger partial charge in [-0.15, -0.1) is 0 Å². The Balaban J connectivity index is 3.23. The second kappa shape index (κ2) is 3.10. The Morgan fingerprint density at radius 2 is 2.00 bits per heavy atom. The number of pyridine rings is 1. The highest BCUT2D eigenvalue weighted by Crippen LogP contribution is 2.06. The quantitative estimate of drug-likeness (QED) is 0.558. The fraction of sp³-hybridized carbons (Fsp3) is 0.364. The van der Waals surface area contributed by atoms with Gasteiger partial charge in [-0.05, 0) is 6.07 Å². The molecular formula is C11H16N+. The van der Waals surface area contributed by atoms with Gasteiger partial charge in [0.1, 0.15) is 0 Å². The summed E-state index contributed by atoms with van der Waals surface area (Å²) in [5.41, 5.74) is 1.29. The molecule has 0 fully saturated rings. The van der Waals surface area contributed by atoms with Gasteiger partial charge in [0.15, 0.2) is 11.7 Å². The first kappa shape index (κ1) is 8.98. The van der Waals surface area contributed by atoms with Crippen LogP contribution >= 0.6 is 0 Å². The summed E-state index contributed by atoms with van der Waals surface area (Å²) in [6.07, 6.45) is 3.96. The van der Waals surface area contributed by atoms with Crippen LogP contribution in [0, 0.1) is 0 Å². The molecule has 0 amide bonds. The highest BCUT2D eigenvalue weighted by Gasteiger charge is 2.23. The maximum absolute atomic E-state index is 3.78. The lowest BCUT2D eigenvalue weighted by Crippen LogP contribution is -2.51. The molecule has 1 nitrogen and oxygen atoms in total. The van der Waals surface area contributed by atoms with E-state index in [-0.39, 0.29) is 5.54 Å². The largest absolute Gasteiger partial charge is 0.204 e. The average Bonchev–Trinajstić information content (AvgIpc) is 2.03. The third kappa shape index (κ3) is 1.73. The molecule has 0 bridgehead atoms. The van der Waals surface area contributed by atoms with Crippen molar-refractivity contribution < 1.29 is 4.57 Å². The van der Waals surface area contributed by atoms with E-state index in [0.29, 0.717) is 0 Å². The minimum atomic E-state index is 0.130. The highest BCUT2D eigenvalue weighted by atomic mass is 15.0. The van der Waals surface area contributed by atoms with E-state index in [1.165, 1.54) is 0 Å². The molecule has 0 aliphatic rings. The molecule has 1 heteroatoms. The van der Waals surface area contributed by atoms with Gasteiger partial charge >= 0.3 is 0 Å². The van der Waals surface area contributed by atoms with Crippen LogP contribution in [0.5, 0.6) is 0 Å². The van der Waals surface area contributed by atoms with Crippen LogP contribution in [0.25, 0.3) is 6.08 Å². The van der Waals surface area contributed by atoms with E-state index in [1.807, 2.05) is 18.2 Å². The monoisotopic (exact) mass is 162 g/mol. The zero-order valence-corrected chi connectivity index (χ0v) is 8.04. The molecule has 1 rings (SSSR count). The van der Waals surface area contributed by atoms with E-state index in [4.69, 9.17) is 0 Å². The van der Waals surface area contributed by atoms with Crippen LogP contribution in [0.4, 0.5) is 0 Å². The molecule has 12 heavy (non-hydrogen) atoms. The molecule has 0 atom stereocenters. The summed E-state index contributed by atoms with van der Waals surface area (Å²) in [6.45, 7) is 10.3. The maximum atomic E-state index is 3.78. The number of hydrogen-bond acceptors (Lipinski definition) is 0. The van der Waals surface area contributed by atoms with Gasteiger partial charge in [0, 0.05) is 39.0 Å². The minimum absolute atomic E-state index is 0.130. The zero-order chi connectivity index (χ0) is 9.19. The molecule has 0 spiro atoms. The SMILES string of the molecule is C=Cc1cccc[n+]1C(C)(C)C. The van der Waals surface area contributed by atoms with Crippen molar-refractivity contribution in [3.05, 3.63) is 36.7 Å². The smallest absolute Gasteiger partial charge is 0.194 e. The van der Waals surface area contributed by atoms with Crippen LogP contribution < -0.4 is 4.57 Å². The molecule has 0 N–H and O–H groups in total. The molecule has 1 aromatic heterocycles. The summed E-state index contributed by atoms with van der Waals surface area (Å²) in [5, 5.41) is 0. The second-order valence-corrected chi connectivity index (χ2v) is 3.87. The van der Waals surface area contributed by atoms with Crippen LogP contribution in [0.1, 0.15) is 26.5 Å². The maximum Gasteiger partial charge on any atom is 0.204 e. The third-order valence-electron chi connectivity index (χ3n) is 1.82. The average molecular weight is 162 g/mol. The van der Waals surface area contributed by atoms with E-state index in [2.05, 4.69) is 44.2 Å². The Bertz CT molecular complexity index is 281. The predicted molar refractivity (Wildman–Crippen MR) is 51.7 cm³/mol. The second-order valence-electron chi connectivity index (χ2n) is 3.87. The molecule has 1 aromatic rings. The molecule has 0 radical (unpaired) electrons. The Morgan fingerprint density at radius 3 is 2.42 bits per heavy atom. The first-order chi connectivity index (χ1) is 5.55. The third-order valence-corrected chi connectivity index (χ3v) is 1.82. The highest BCUT2D eigenvalue weighted by molar-refractivity contribution is 5.37. The van der Waals surface area contributed by atoms with E-state index >= 15 is 0 Å². The van der Waals surface area contributed by atoms with Crippen molar-refractivity contribution in [3.8, 4) is 0 Å². The predicted octanol–water partition coefficient (Wildman–Crippen LogP) is 2.37. The molecular weight excluding hydrogens is 146 g/mol. The van der Waals surface area contributed by atoms with Gasteiger partial charge in [0.05, 0.1) is 0 Å². The summed E-state index contributed by atoms with van der Waals surface area (Å²) in [4.78, 5) is 0. The van der Waals surface area contributed by atoms with Crippen LogP contribution in [0.15, 0.2) is 31.0 Å². The lowest BCUT2D eigenvalue weighted by Gasteiger charge is -2.14. The number of rotatable bonds is 1. The summed E-state index contributed by atoms with van der Waals surface area (Å²) < 4.78 is 2.21. The van der Waals surface area contributed by atoms with Gasteiger partial charge in [0.25, 0.3) is 0 Å². The Kier molecular flexibility index (Phi) is 2.32. The molecule has 0 aromatic carbocycles. The molecule has 0 saturated heterocycles. The van der Waals surface area contributed by atoms with Crippen molar-refractivity contribution in [3.63, 3.8) is 0 Å². The first-order valence-electron chi connectivity index (χ1n) is 4.19. The van der Waals surface area contributed by atoms with Crippen LogP contribution in [0.2, 0.25) is 0 Å². The van der Waals surface area contributed by atoms with Gasteiger partial charge in [-0.2, -0.15) is 4.57 Å². The molecule has 0 aliphatic heterocycles. The van der Waals surface area contributed by atoms with Crippen molar-refractivity contribution >= 4 is 6.08 Å². The first-order valence-corrected chi connectivity index (χ1v) is 4.19. The van der Waals surface area contributed by atoms with Crippen LogP contribution in [-0.4, -0.2) is 0 Å². The molecule has 1 heterocycles. The fourth-order valence-corrected chi connectivity index (χ4v) is 1.23. The molecule has 0 unspecified atom stereocenters. The van der Waals surface area contributed by atoms with Gasteiger partial charge in [-0.25, -0.2) is 0 Å². The van der Waals surface area contributed by atoms with E-state index in [0.717, 1.165) is 5.69 Å². The normalized spacial score (nSPS) is 11.2. The summed E-state index contributed by atoms with van der Waals surface area (Å²) in [6, 6.07) is 6.13. The van der Waals surface area contributed by atoms with Gasteiger partial charge in [-0.1, -0.05) is 6.58 Å². The van der Waals surface area contributed by atoms with Crippen molar-refractivity contribution in [2.75, 3.05) is 0 Å². The van der Waals surface area contributed by atoms with Crippen molar-refractivity contribution in [2.45, 2.75) is 26.3 Å². The van der Waals surface area contributed by atoms with E-state index < -0.39 is 0 Å². The van der Waals surface area contributed by atoms with Crippen LogP contribution in [-0.2, 0) is 5.54 Å².